The van der Waals surface area contributed by atoms with Crippen LogP contribution < -0.4 is 5.32 Å². The molecular formula is C16H17BrFNS. The smallest absolute Gasteiger partial charge is 0.124 e. The summed E-state index contributed by atoms with van der Waals surface area (Å²) >= 11 is 5.15. The largest absolute Gasteiger partial charge is 0.316 e. The summed E-state index contributed by atoms with van der Waals surface area (Å²) in [5, 5.41) is 3.30. The number of rotatable bonds is 6. The number of nitrogens with one attached hydrogen (secondary N) is 1. The molecule has 0 aliphatic carbocycles. The Kier molecular flexibility index (Phi) is 6.07. The van der Waals surface area contributed by atoms with Gasteiger partial charge in [-0.2, -0.15) is 0 Å². The van der Waals surface area contributed by atoms with Crippen molar-refractivity contribution in [2.45, 2.75) is 17.4 Å². The highest BCUT2D eigenvalue weighted by Gasteiger charge is 2.09. The molecule has 1 N–H and O–H groups in total. The summed E-state index contributed by atoms with van der Waals surface area (Å²) in [5.41, 5.74) is 1.00. The van der Waals surface area contributed by atoms with Gasteiger partial charge in [-0.1, -0.05) is 34.1 Å². The van der Waals surface area contributed by atoms with E-state index in [1.165, 1.54) is 11.0 Å². The molecule has 1 atom stereocenters. The average molecular weight is 354 g/mol. The summed E-state index contributed by atoms with van der Waals surface area (Å²) in [7, 11) is 1.95. The van der Waals surface area contributed by atoms with Gasteiger partial charge in [0, 0.05) is 21.2 Å². The van der Waals surface area contributed by atoms with E-state index in [1.807, 2.05) is 43.1 Å². The molecule has 0 spiro atoms. The third kappa shape index (κ3) is 4.93. The Hall–Kier alpha value is -0.840. The Morgan fingerprint density at radius 2 is 1.95 bits per heavy atom. The molecule has 20 heavy (non-hydrogen) atoms. The van der Waals surface area contributed by atoms with Gasteiger partial charge in [0.2, 0.25) is 0 Å². The second-order valence-corrected chi connectivity index (χ2v) is 6.60. The Balaban J connectivity index is 1.95. The van der Waals surface area contributed by atoms with Crippen molar-refractivity contribution >= 4 is 27.7 Å². The molecule has 0 saturated carbocycles. The van der Waals surface area contributed by atoms with Crippen molar-refractivity contribution in [3.8, 4) is 0 Å². The van der Waals surface area contributed by atoms with E-state index in [1.54, 1.807) is 6.07 Å². The number of hydrogen-bond donors (Lipinski definition) is 1. The molecule has 0 radical (unpaired) electrons. The molecule has 0 aliphatic heterocycles. The number of benzene rings is 2. The van der Waals surface area contributed by atoms with Gasteiger partial charge in [-0.25, -0.2) is 4.39 Å². The van der Waals surface area contributed by atoms with Crippen LogP contribution in [-0.2, 0) is 6.42 Å². The lowest BCUT2D eigenvalue weighted by Crippen LogP contribution is -2.30. The van der Waals surface area contributed by atoms with E-state index in [0.717, 1.165) is 22.2 Å². The van der Waals surface area contributed by atoms with Crippen molar-refractivity contribution in [3.05, 3.63) is 64.4 Å². The number of likely N-dealkylation sites (N-methyl/N-ethyl adjacent to an activating group) is 1. The van der Waals surface area contributed by atoms with Crippen LogP contribution in [0.1, 0.15) is 5.56 Å². The van der Waals surface area contributed by atoms with Gasteiger partial charge in [0.1, 0.15) is 5.82 Å². The van der Waals surface area contributed by atoms with E-state index in [-0.39, 0.29) is 5.82 Å². The quantitative estimate of drug-likeness (QED) is 0.766. The lowest BCUT2D eigenvalue weighted by Gasteiger charge is -2.16. The van der Waals surface area contributed by atoms with Gasteiger partial charge >= 0.3 is 0 Å². The standard InChI is InChI=1S/C16H17BrFNS/c1-19-15(11-20-16-5-3-2-4-6-16)9-12-7-13(17)10-14(18)8-12/h2-8,10,15,19H,9,11H2,1H3. The predicted molar refractivity (Wildman–Crippen MR) is 87.8 cm³/mol. The van der Waals surface area contributed by atoms with Crippen molar-refractivity contribution in [1.82, 2.24) is 5.32 Å². The molecule has 0 fully saturated rings. The minimum atomic E-state index is -0.194. The average Bonchev–Trinajstić information content (AvgIpc) is 2.43. The van der Waals surface area contributed by atoms with Gasteiger partial charge in [0.25, 0.3) is 0 Å². The highest BCUT2D eigenvalue weighted by atomic mass is 79.9. The third-order valence-corrected chi connectivity index (χ3v) is 4.64. The predicted octanol–water partition coefficient (Wildman–Crippen LogP) is 4.51. The van der Waals surface area contributed by atoms with E-state index < -0.39 is 0 Å². The molecule has 0 aliphatic rings. The van der Waals surface area contributed by atoms with Crippen LogP contribution in [0.2, 0.25) is 0 Å². The third-order valence-electron chi connectivity index (χ3n) is 3.01. The molecule has 106 valence electrons. The van der Waals surface area contributed by atoms with E-state index in [2.05, 4.69) is 33.4 Å². The zero-order valence-corrected chi connectivity index (χ0v) is 13.7. The highest BCUT2D eigenvalue weighted by molar-refractivity contribution is 9.10. The van der Waals surface area contributed by atoms with Crippen LogP contribution >= 0.6 is 27.7 Å². The SMILES string of the molecule is CNC(CSc1ccccc1)Cc1cc(F)cc(Br)c1. The summed E-state index contributed by atoms with van der Waals surface area (Å²) in [5.74, 6) is 0.759. The molecule has 0 amide bonds. The van der Waals surface area contributed by atoms with Gasteiger partial charge in [-0.05, 0) is 49.4 Å². The topological polar surface area (TPSA) is 12.0 Å². The van der Waals surface area contributed by atoms with Gasteiger partial charge in [0.15, 0.2) is 0 Å². The van der Waals surface area contributed by atoms with E-state index in [9.17, 15) is 4.39 Å². The Morgan fingerprint density at radius 3 is 2.60 bits per heavy atom. The maximum Gasteiger partial charge on any atom is 0.124 e. The normalized spacial score (nSPS) is 12.3. The minimum absolute atomic E-state index is 0.194. The van der Waals surface area contributed by atoms with Crippen molar-refractivity contribution in [1.29, 1.82) is 0 Å². The highest BCUT2D eigenvalue weighted by Crippen LogP contribution is 2.21. The number of hydrogen-bond acceptors (Lipinski definition) is 2. The first-order valence-corrected chi connectivity index (χ1v) is 8.25. The van der Waals surface area contributed by atoms with Crippen molar-refractivity contribution in [2.75, 3.05) is 12.8 Å². The second-order valence-electron chi connectivity index (χ2n) is 4.59. The lowest BCUT2D eigenvalue weighted by atomic mass is 10.1. The van der Waals surface area contributed by atoms with Crippen molar-refractivity contribution in [3.63, 3.8) is 0 Å². The number of halogens is 2. The van der Waals surface area contributed by atoms with Crippen LogP contribution in [0.5, 0.6) is 0 Å². The zero-order valence-electron chi connectivity index (χ0n) is 11.3. The van der Waals surface area contributed by atoms with Gasteiger partial charge in [-0.3, -0.25) is 0 Å². The fourth-order valence-corrected chi connectivity index (χ4v) is 3.51. The van der Waals surface area contributed by atoms with Crippen molar-refractivity contribution in [2.24, 2.45) is 0 Å². The van der Waals surface area contributed by atoms with Crippen LogP contribution in [0, 0.1) is 5.82 Å². The van der Waals surface area contributed by atoms with E-state index in [0.29, 0.717) is 6.04 Å². The van der Waals surface area contributed by atoms with Gasteiger partial charge < -0.3 is 5.32 Å². The zero-order chi connectivity index (χ0) is 14.4. The fraction of sp³-hybridized carbons (Fsp3) is 0.250. The van der Waals surface area contributed by atoms with E-state index in [4.69, 9.17) is 0 Å². The Bertz CT molecular complexity index is 527. The molecule has 0 saturated heterocycles. The maximum atomic E-state index is 13.4. The Morgan fingerprint density at radius 1 is 1.20 bits per heavy atom. The molecular weight excluding hydrogens is 337 g/mol. The summed E-state index contributed by atoms with van der Waals surface area (Å²) in [4.78, 5) is 1.26. The van der Waals surface area contributed by atoms with Crippen LogP contribution in [-0.4, -0.2) is 18.8 Å². The molecule has 2 aromatic carbocycles. The maximum absolute atomic E-state index is 13.4. The number of thioether (sulfide) groups is 1. The summed E-state index contributed by atoms with van der Waals surface area (Å²) in [6, 6.07) is 15.7. The molecule has 0 heterocycles. The van der Waals surface area contributed by atoms with Gasteiger partial charge in [-0.15, -0.1) is 11.8 Å². The first-order valence-electron chi connectivity index (χ1n) is 6.47. The van der Waals surface area contributed by atoms with Crippen LogP contribution in [0.4, 0.5) is 4.39 Å². The summed E-state index contributed by atoms with van der Waals surface area (Å²) < 4.78 is 14.2. The molecule has 0 bridgehead atoms. The fourth-order valence-electron chi connectivity index (χ4n) is 1.97. The monoisotopic (exact) mass is 353 g/mol. The first-order chi connectivity index (χ1) is 9.67. The summed E-state index contributed by atoms with van der Waals surface area (Å²) in [6.07, 6.45) is 0.812. The van der Waals surface area contributed by atoms with Crippen LogP contribution in [0.25, 0.3) is 0 Å². The second kappa shape index (κ2) is 7.81. The molecule has 4 heteroatoms. The van der Waals surface area contributed by atoms with E-state index >= 15 is 0 Å². The molecule has 0 aromatic heterocycles. The van der Waals surface area contributed by atoms with Crippen LogP contribution in [0.3, 0.4) is 0 Å². The molecule has 2 rings (SSSR count). The summed E-state index contributed by atoms with van der Waals surface area (Å²) in [6.45, 7) is 0. The lowest BCUT2D eigenvalue weighted by molar-refractivity contribution is 0.602. The van der Waals surface area contributed by atoms with Crippen LogP contribution in [0.15, 0.2) is 57.9 Å². The Labute approximate surface area is 132 Å². The van der Waals surface area contributed by atoms with Gasteiger partial charge in [0.05, 0.1) is 0 Å². The molecule has 1 unspecified atom stereocenters. The first kappa shape index (κ1) is 15.5. The molecule has 2 aromatic rings. The van der Waals surface area contributed by atoms with Crippen molar-refractivity contribution < 1.29 is 4.39 Å². The molecule has 1 nitrogen and oxygen atoms in total. The minimum Gasteiger partial charge on any atom is -0.316 e.